The number of anilines is 1. The van der Waals surface area contributed by atoms with Gasteiger partial charge in [0.15, 0.2) is 0 Å². The summed E-state index contributed by atoms with van der Waals surface area (Å²) < 4.78 is 7.49. The fourth-order valence-corrected chi connectivity index (χ4v) is 2.12. The zero-order chi connectivity index (χ0) is 15.4. The third kappa shape index (κ3) is 3.17. The van der Waals surface area contributed by atoms with E-state index in [4.69, 9.17) is 4.74 Å². The van der Waals surface area contributed by atoms with Gasteiger partial charge in [-0.05, 0) is 48.5 Å². The monoisotopic (exact) mass is 292 g/mol. The number of amides is 1. The number of carbonyl (C=O) groups excluding carboxylic acids is 1. The van der Waals surface area contributed by atoms with Crippen molar-refractivity contribution in [3.63, 3.8) is 0 Å². The Morgan fingerprint density at radius 3 is 2.23 bits per heavy atom. The molecule has 0 bridgehead atoms. The molecule has 0 atom stereocenters. The number of ether oxygens (including phenoxy) is 1. The van der Waals surface area contributed by atoms with Crippen molar-refractivity contribution < 1.29 is 9.53 Å². The molecule has 110 valence electrons. The molecular weight excluding hydrogens is 276 g/mol. The zero-order valence-corrected chi connectivity index (χ0v) is 12.2. The Bertz CT molecular complexity index is 761. The molecule has 0 aliphatic rings. The Morgan fingerprint density at radius 2 is 1.59 bits per heavy atom. The van der Waals surface area contributed by atoms with Crippen molar-refractivity contribution in [3.8, 4) is 11.5 Å². The number of nitrogens with zero attached hydrogens (tertiary/aromatic N) is 1. The van der Waals surface area contributed by atoms with Gasteiger partial charge in [-0.15, -0.1) is 0 Å². The molecule has 3 aromatic rings. The Hall–Kier alpha value is -3.01. The molecule has 0 unspecified atom stereocenters. The largest absolute Gasteiger partial charge is 0.457 e. The van der Waals surface area contributed by atoms with Crippen LogP contribution in [0.1, 0.15) is 10.5 Å². The maximum absolute atomic E-state index is 12.1. The summed E-state index contributed by atoms with van der Waals surface area (Å²) in [5, 5.41) is 2.86. The first-order chi connectivity index (χ1) is 10.7. The number of hydrogen-bond acceptors (Lipinski definition) is 2. The first kappa shape index (κ1) is 13.9. The lowest BCUT2D eigenvalue weighted by Crippen LogP contribution is -2.15. The molecule has 3 rings (SSSR count). The lowest BCUT2D eigenvalue weighted by atomic mass is 10.3. The summed E-state index contributed by atoms with van der Waals surface area (Å²) in [5.74, 6) is 1.37. The van der Waals surface area contributed by atoms with E-state index in [-0.39, 0.29) is 5.91 Å². The summed E-state index contributed by atoms with van der Waals surface area (Å²) >= 11 is 0. The zero-order valence-electron chi connectivity index (χ0n) is 12.2. The van der Waals surface area contributed by atoms with E-state index in [1.54, 1.807) is 10.6 Å². The van der Waals surface area contributed by atoms with Crippen molar-refractivity contribution in [2.75, 3.05) is 5.32 Å². The third-order valence-corrected chi connectivity index (χ3v) is 3.27. The first-order valence-electron chi connectivity index (χ1n) is 6.98. The van der Waals surface area contributed by atoms with Gasteiger partial charge in [0.05, 0.1) is 0 Å². The number of rotatable bonds is 4. The third-order valence-electron chi connectivity index (χ3n) is 3.27. The number of hydrogen-bond donors (Lipinski definition) is 1. The molecule has 4 heteroatoms. The summed E-state index contributed by atoms with van der Waals surface area (Å²) in [6.07, 6.45) is 1.84. The fraction of sp³-hybridized carbons (Fsp3) is 0.0556. The van der Waals surface area contributed by atoms with Gasteiger partial charge in [-0.1, -0.05) is 18.2 Å². The number of aryl methyl sites for hydroxylation is 1. The van der Waals surface area contributed by atoms with E-state index in [1.807, 2.05) is 73.9 Å². The molecule has 22 heavy (non-hydrogen) atoms. The van der Waals surface area contributed by atoms with Crippen molar-refractivity contribution in [2.45, 2.75) is 0 Å². The minimum absolute atomic E-state index is 0.135. The molecule has 1 amide bonds. The molecule has 0 saturated carbocycles. The number of aromatic nitrogens is 1. The van der Waals surface area contributed by atoms with Crippen LogP contribution in [0.15, 0.2) is 72.9 Å². The van der Waals surface area contributed by atoms with Crippen molar-refractivity contribution in [2.24, 2.45) is 7.05 Å². The minimum Gasteiger partial charge on any atom is -0.457 e. The Morgan fingerprint density at radius 1 is 0.909 bits per heavy atom. The van der Waals surface area contributed by atoms with Crippen LogP contribution in [0, 0.1) is 0 Å². The maximum atomic E-state index is 12.1. The van der Waals surface area contributed by atoms with Crippen LogP contribution in [0.2, 0.25) is 0 Å². The van der Waals surface area contributed by atoms with Crippen molar-refractivity contribution in [1.82, 2.24) is 4.57 Å². The highest BCUT2D eigenvalue weighted by molar-refractivity contribution is 6.03. The summed E-state index contributed by atoms with van der Waals surface area (Å²) in [5.41, 5.74) is 1.34. The van der Waals surface area contributed by atoms with Gasteiger partial charge in [0.1, 0.15) is 17.2 Å². The smallest absolute Gasteiger partial charge is 0.272 e. The van der Waals surface area contributed by atoms with Crippen LogP contribution in [0.3, 0.4) is 0 Å². The van der Waals surface area contributed by atoms with E-state index in [1.165, 1.54) is 0 Å². The van der Waals surface area contributed by atoms with Gasteiger partial charge >= 0.3 is 0 Å². The lowest BCUT2D eigenvalue weighted by Gasteiger charge is -2.08. The van der Waals surface area contributed by atoms with Gasteiger partial charge in [0, 0.05) is 18.9 Å². The standard InChI is InChI=1S/C18H16N2O2/c1-20-13-5-8-17(20)18(21)19-14-9-11-16(12-10-14)22-15-6-3-2-4-7-15/h2-13H,1H3,(H,19,21). The predicted octanol–water partition coefficient (Wildman–Crippen LogP) is 4.07. The second-order valence-corrected chi connectivity index (χ2v) is 4.90. The molecule has 0 aliphatic heterocycles. The van der Waals surface area contributed by atoms with Crippen molar-refractivity contribution in [1.29, 1.82) is 0 Å². The van der Waals surface area contributed by atoms with E-state index in [0.717, 1.165) is 17.2 Å². The molecule has 2 aromatic carbocycles. The number of carbonyl (C=O) groups is 1. The van der Waals surface area contributed by atoms with E-state index in [2.05, 4.69) is 5.32 Å². The molecule has 1 aromatic heterocycles. The van der Waals surface area contributed by atoms with Crippen LogP contribution in [0.25, 0.3) is 0 Å². The highest BCUT2D eigenvalue weighted by Crippen LogP contribution is 2.22. The Balaban J connectivity index is 1.67. The van der Waals surface area contributed by atoms with Crippen LogP contribution in [0.5, 0.6) is 11.5 Å². The maximum Gasteiger partial charge on any atom is 0.272 e. The topological polar surface area (TPSA) is 43.3 Å². The van der Waals surface area contributed by atoms with Gasteiger partial charge in [0.25, 0.3) is 5.91 Å². The summed E-state index contributed by atoms with van der Waals surface area (Å²) in [4.78, 5) is 12.1. The van der Waals surface area contributed by atoms with Gasteiger partial charge in [-0.3, -0.25) is 4.79 Å². The second kappa shape index (κ2) is 6.18. The Kier molecular flexibility index (Phi) is 3.92. The van der Waals surface area contributed by atoms with Crippen LogP contribution in [0.4, 0.5) is 5.69 Å². The van der Waals surface area contributed by atoms with Crippen LogP contribution < -0.4 is 10.1 Å². The van der Waals surface area contributed by atoms with Gasteiger partial charge in [-0.25, -0.2) is 0 Å². The van der Waals surface area contributed by atoms with Gasteiger partial charge in [0.2, 0.25) is 0 Å². The second-order valence-electron chi connectivity index (χ2n) is 4.90. The highest BCUT2D eigenvalue weighted by Gasteiger charge is 2.08. The predicted molar refractivity (Wildman–Crippen MR) is 86.3 cm³/mol. The molecular formula is C18H16N2O2. The van der Waals surface area contributed by atoms with Crippen LogP contribution in [-0.4, -0.2) is 10.5 Å². The van der Waals surface area contributed by atoms with E-state index >= 15 is 0 Å². The molecule has 1 heterocycles. The lowest BCUT2D eigenvalue weighted by molar-refractivity contribution is 0.101. The van der Waals surface area contributed by atoms with E-state index in [0.29, 0.717) is 5.69 Å². The summed E-state index contributed by atoms with van der Waals surface area (Å²) in [6.45, 7) is 0. The van der Waals surface area contributed by atoms with Crippen LogP contribution >= 0.6 is 0 Å². The summed E-state index contributed by atoms with van der Waals surface area (Å²) in [6, 6.07) is 20.5. The average Bonchev–Trinajstić information content (AvgIpc) is 2.96. The van der Waals surface area contributed by atoms with Gasteiger partial charge in [-0.2, -0.15) is 0 Å². The molecule has 0 fully saturated rings. The van der Waals surface area contributed by atoms with Gasteiger partial charge < -0.3 is 14.6 Å². The number of benzene rings is 2. The SMILES string of the molecule is Cn1cccc1C(=O)Nc1ccc(Oc2ccccc2)cc1. The molecule has 0 saturated heterocycles. The molecule has 4 nitrogen and oxygen atoms in total. The number of para-hydroxylation sites is 1. The summed E-state index contributed by atoms with van der Waals surface area (Å²) in [7, 11) is 1.84. The Labute approximate surface area is 129 Å². The molecule has 0 spiro atoms. The van der Waals surface area contributed by atoms with E-state index < -0.39 is 0 Å². The minimum atomic E-state index is -0.135. The molecule has 0 radical (unpaired) electrons. The first-order valence-corrected chi connectivity index (χ1v) is 6.98. The molecule has 1 N–H and O–H groups in total. The highest BCUT2D eigenvalue weighted by atomic mass is 16.5. The quantitative estimate of drug-likeness (QED) is 0.787. The number of nitrogens with one attached hydrogen (secondary N) is 1. The molecule has 0 aliphatic carbocycles. The van der Waals surface area contributed by atoms with Crippen molar-refractivity contribution in [3.05, 3.63) is 78.6 Å². The van der Waals surface area contributed by atoms with Crippen molar-refractivity contribution >= 4 is 11.6 Å². The average molecular weight is 292 g/mol. The fourth-order valence-electron chi connectivity index (χ4n) is 2.12. The normalized spacial score (nSPS) is 10.2. The van der Waals surface area contributed by atoms with Crippen LogP contribution in [-0.2, 0) is 7.05 Å². The van der Waals surface area contributed by atoms with E-state index in [9.17, 15) is 4.79 Å².